The molecule has 3 amide bonds. The molecule has 5 rings (SSSR count). The van der Waals surface area contributed by atoms with Crippen LogP contribution in [0.2, 0.25) is 0 Å². The van der Waals surface area contributed by atoms with E-state index >= 15 is 0 Å². The zero-order chi connectivity index (χ0) is 40.2. The first-order valence-electron chi connectivity index (χ1n) is 20.4. The molecular formula is C43H63N5O8. The number of hydrogen-bond acceptors (Lipinski definition) is 10. The van der Waals surface area contributed by atoms with Gasteiger partial charge in [-0.05, 0) is 96.0 Å². The summed E-state index contributed by atoms with van der Waals surface area (Å²) in [7, 11) is 1.59. The van der Waals surface area contributed by atoms with Gasteiger partial charge in [-0.1, -0.05) is 12.1 Å². The number of nitrogens with zero attached hydrogens (tertiary/aromatic N) is 5. The summed E-state index contributed by atoms with van der Waals surface area (Å²) in [4.78, 5) is 62.9. The maximum Gasteiger partial charge on any atom is 0.411 e. The van der Waals surface area contributed by atoms with E-state index < -0.39 is 11.7 Å². The average molecular weight is 778 g/mol. The van der Waals surface area contributed by atoms with Gasteiger partial charge in [-0.3, -0.25) is 24.2 Å². The molecule has 0 aromatic heterocycles. The van der Waals surface area contributed by atoms with Crippen molar-refractivity contribution < 1.29 is 38.1 Å². The minimum Gasteiger partial charge on any atom is -0.497 e. The first-order valence-corrected chi connectivity index (χ1v) is 20.4. The number of piperidine rings is 2. The topological polar surface area (TPSA) is 121 Å². The van der Waals surface area contributed by atoms with Crippen molar-refractivity contribution in [1.82, 2.24) is 24.5 Å². The third kappa shape index (κ3) is 12.3. The highest BCUT2D eigenvalue weighted by atomic mass is 16.6. The van der Waals surface area contributed by atoms with Gasteiger partial charge in [0.15, 0.2) is 0 Å². The number of hydrogen-bond donors (Lipinski definition) is 0. The van der Waals surface area contributed by atoms with Gasteiger partial charge in [0.25, 0.3) is 5.91 Å². The van der Waals surface area contributed by atoms with E-state index in [1.54, 1.807) is 13.2 Å². The fraction of sp³-hybridized carbons (Fsp3) is 0.628. The Morgan fingerprint density at radius 2 is 1.57 bits per heavy atom. The van der Waals surface area contributed by atoms with Crippen molar-refractivity contribution in [3.05, 3.63) is 59.2 Å². The van der Waals surface area contributed by atoms with E-state index in [4.69, 9.17) is 18.9 Å². The molecule has 3 aliphatic heterocycles. The summed E-state index contributed by atoms with van der Waals surface area (Å²) in [6, 6.07) is 13.4. The number of esters is 1. The lowest BCUT2D eigenvalue weighted by atomic mass is 9.89. The van der Waals surface area contributed by atoms with Crippen molar-refractivity contribution in [2.24, 2.45) is 5.92 Å². The lowest BCUT2D eigenvalue weighted by Gasteiger charge is -2.38. The van der Waals surface area contributed by atoms with Gasteiger partial charge in [0, 0.05) is 82.0 Å². The van der Waals surface area contributed by atoms with Gasteiger partial charge in [-0.15, -0.1) is 0 Å². The number of methoxy groups -OCH3 is 1. The Bertz CT molecular complexity index is 1630. The number of likely N-dealkylation sites (tertiary alicyclic amines) is 2. The molecule has 0 N–H and O–H groups in total. The predicted molar refractivity (Wildman–Crippen MR) is 214 cm³/mol. The lowest BCUT2D eigenvalue weighted by molar-refractivity contribution is -0.144. The molecule has 308 valence electrons. The highest BCUT2D eigenvalue weighted by Gasteiger charge is 2.31. The van der Waals surface area contributed by atoms with E-state index in [1.165, 1.54) is 4.90 Å². The Balaban J connectivity index is 1.15. The molecule has 0 bridgehead atoms. The van der Waals surface area contributed by atoms with Crippen molar-refractivity contribution in [2.45, 2.75) is 78.4 Å². The third-order valence-corrected chi connectivity index (χ3v) is 10.8. The molecule has 0 radical (unpaired) electrons. The normalized spacial score (nSPS) is 18.6. The number of rotatable bonds is 14. The van der Waals surface area contributed by atoms with Gasteiger partial charge in [-0.2, -0.15) is 0 Å². The second kappa shape index (κ2) is 20.2. The molecule has 2 aromatic rings. The number of carbonyl (C=O) groups is 4. The van der Waals surface area contributed by atoms with Crippen molar-refractivity contribution >= 4 is 23.9 Å². The Kier molecular flexibility index (Phi) is 15.4. The van der Waals surface area contributed by atoms with E-state index in [0.717, 1.165) is 82.6 Å². The van der Waals surface area contributed by atoms with Crippen LogP contribution in [-0.4, -0.2) is 146 Å². The second-order valence-electron chi connectivity index (χ2n) is 16.2. The minimum absolute atomic E-state index is 0.0552. The fourth-order valence-electron chi connectivity index (χ4n) is 7.85. The van der Waals surface area contributed by atoms with Crippen LogP contribution in [0.15, 0.2) is 42.5 Å². The third-order valence-electron chi connectivity index (χ3n) is 10.8. The van der Waals surface area contributed by atoms with E-state index in [-0.39, 0.29) is 36.8 Å². The average Bonchev–Trinajstić information content (AvgIpc) is 3.18. The first kappa shape index (κ1) is 42.8. The Labute approximate surface area is 333 Å². The van der Waals surface area contributed by atoms with Crippen LogP contribution in [0.25, 0.3) is 0 Å². The SMILES string of the molecule is CCOC(=O)CN1CCN(CC2CCN(C(=O)c3cccc(C4CCCN(C(=O)CN(Cc5ccc(OC)cc5OCC)C(=O)OC(C)(C)C)C4)c3)CC2)CC1. The molecule has 56 heavy (non-hydrogen) atoms. The largest absolute Gasteiger partial charge is 0.497 e. The summed E-state index contributed by atoms with van der Waals surface area (Å²) in [6.07, 6.45) is 3.10. The molecule has 2 aromatic carbocycles. The maximum atomic E-state index is 13.9. The number of ether oxygens (including phenoxy) is 4. The summed E-state index contributed by atoms with van der Waals surface area (Å²) in [6.45, 7) is 17.6. The summed E-state index contributed by atoms with van der Waals surface area (Å²) in [5.41, 5.74) is 1.74. The molecule has 0 saturated carbocycles. The molecule has 1 atom stereocenters. The number of benzene rings is 2. The maximum absolute atomic E-state index is 13.9. The standard InChI is InChI=1S/C43H63N5O8/c1-7-54-38-26-37(53-6)15-14-36(38)29-48(42(52)56-43(3,4)5)30-39(49)47-18-10-13-35(28-47)33-11-9-12-34(25-33)41(51)46-19-16-32(17-20-46)27-44-21-23-45(24-22-44)31-40(50)55-8-2/h9,11-12,14-15,25-26,32,35H,7-8,10,13,16-24,27-31H2,1-6H3. The minimum atomic E-state index is -0.736. The smallest absolute Gasteiger partial charge is 0.411 e. The quantitative estimate of drug-likeness (QED) is 0.235. The zero-order valence-corrected chi connectivity index (χ0v) is 34.4. The second-order valence-corrected chi connectivity index (χ2v) is 16.2. The van der Waals surface area contributed by atoms with Crippen LogP contribution in [0.1, 0.15) is 87.7 Å². The molecule has 3 fully saturated rings. The Morgan fingerprint density at radius 3 is 2.25 bits per heavy atom. The lowest BCUT2D eigenvalue weighted by Crippen LogP contribution is -2.50. The van der Waals surface area contributed by atoms with Crippen LogP contribution >= 0.6 is 0 Å². The number of amides is 3. The highest BCUT2D eigenvalue weighted by molar-refractivity contribution is 5.94. The van der Waals surface area contributed by atoms with Gasteiger partial charge in [0.1, 0.15) is 23.6 Å². The zero-order valence-electron chi connectivity index (χ0n) is 34.4. The van der Waals surface area contributed by atoms with Crippen molar-refractivity contribution in [3.8, 4) is 11.5 Å². The van der Waals surface area contributed by atoms with E-state index in [9.17, 15) is 19.2 Å². The van der Waals surface area contributed by atoms with Crippen LogP contribution in [-0.2, 0) is 25.6 Å². The molecular weight excluding hydrogens is 714 g/mol. The van der Waals surface area contributed by atoms with Crippen molar-refractivity contribution in [2.75, 3.05) is 92.3 Å². The van der Waals surface area contributed by atoms with Crippen LogP contribution in [0.5, 0.6) is 11.5 Å². The molecule has 13 heteroatoms. The van der Waals surface area contributed by atoms with Crippen LogP contribution < -0.4 is 9.47 Å². The first-order chi connectivity index (χ1) is 26.8. The van der Waals surface area contributed by atoms with Crippen LogP contribution in [0.3, 0.4) is 0 Å². The molecule has 0 spiro atoms. The van der Waals surface area contributed by atoms with Crippen LogP contribution in [0, 0.1) is 5.92 Å². The molecule has 0 aliphatic carbocycles. The number of carbonyl (C=O) groups excluding carboxylic acids is 4. The molecule has 13 nitrogen and oxygen atoms in total. The van der Waals surface area contributed by atoms with Crippen molar-refractivity contribution in [1.29, 1.82) is 0 Å². The number of piperazine rings is 1. The summed E-state index contributed by atoms with van der Waals surface area (Å²) in [5.74, 6) is 1.59. The highest BCUT2D eigenvalue weighted by Crippen LogP contribution is 2.30. The monoisotopic (exact) mass is 777 g/mol. The summed E-state index contributed by atoms with van der Waals surface area (Å²) < 4.78 is 22.1. The Morgan fingerprint density at radius 1 is 0.839 bits per heavy atom. The van der Waals surface area contributed by atoms with Gasteiger partial charge >= 0.3 is 12.1 Å². The van der Waals surface area contributed by atoms with E-state index in [1.807, 2.05) is 74.8 Å². The van der Waals surface area contributed by atoms with Crippen molar-refractivity contribution in [3.63, 3.8) is 0 Å². The molecule has 3 heterocycles. The summed E-state index contributed by atoms with van der Waals surface area (Å²) in [5, 5.41) is 0. The van der Waals surface area contributed by atoms with E-state index in [2.05, 4.69) is 15.9 Å². The fourth-order valence-corrected chi connectivity index (χ4v) is 7.85. The molecule has 1 unspecified atom stereocenters. The summed E-state index contributed by atoms with van der Waals surface area (Å²) >= 11 is 0. The van der Waals surface area contributed by atoms with Gasteiger partial charge in [-0.25, -0.2) is 4.79 Å². The van der Waals surface area contributed by atoms with Gasteiger partial charge in [0.2, 0.25) is 5.91 Å². The van der Waals surface area contributed by atoms with Crippen LogP contribution in [0.4, 0.5) is 4.79 Å². The van der Waals surface area contributed by atoms with Gasteiger partial charge in [0.05, 0.1) is 33.4 Å². The molecule has 3 aliphatic rings. The van der Waals surface area contributed by atoms with E-state index in [0.29, 0.717) is 55.8 Å². The molecule has 3 saturated heterocycles. The predicted octanol–water partition coefficient (Wildman–Crippen LogP) is 5.27. The van der Waals surface area contributed by atoms with Gasteiger partial charge < -0.3 is 33.6 Å². The Hall–Kier alpha value is -4.36.